The molecule has 1 fully saturated rings. The molecule has 3 aromatic carbocycles. The summed E-state index contributed by atoms with van der Waals surface area (Å²) < 4.78 is 41.6. The van der Waals surface area contributed by atoms with Crippen LogP contribution in [0.4, 0.5) is 0 Å². The highest BCUT2D eigenvalue weighted by Gasteiger charge is 2.34. The number of carbonyl (C=O) groups is 1. The van der Waals surface area contributed by atoms with Gasteiger partial charge in [-0.3, -0.25) is 4.79 Å². The number of sulfonamides is 1. The van der Waals surface area contributed by atoms with Gasteiger partial charge in [0.25, 0.3) is 0 Å². The monoisotopic (exact) mass is 548 g/mol. The minimum Gasteiger partial charge on any atom is -0.491 e. The zero-order chi connectivity index (χ0) is 27.6. The second-order valence-electron chi connectivity index (χ2n) is 10.0. The topological polar surface area (TPSA) is 98.1 Å². The van der Waals surface area contributed by atoms with E-state index in [4.69, 9.17) is 9.47 Å². The van der Waals surface area contributed by atoms with E-state index in [1.165, 1.54) is 4.31 Å². The molecule has 1 aromatic heterocycles. The third kappa shape index (κ3) is 5.94. The molecule has 204 valence electrons. The van der Waals surface area contributed by atoms with Gasteiger partial charge in [-0.1, -0.05) is 30.3 Å². The molecule has 1 aliphatic heterocycles. The van der Waals surface area contributed by atoms with Crippen molar-refractivity contribution >= 4 is 26.9 Å². The van der Waals surface area contributed by atoms with Gasteiger partial charge >= 0.3 is 5.97 Å². The quantitative estimate of drug-likeness (QED) is 0.290. The number of hydrogen-bond donors (Lipinski definition) is 1. The molecule has 39 heavy (non-hydrogen) atoms. The van der Waals surface area contributed by atoms with Gasteiger partial charge in [-0.2, -0.15) is 4.31 Å². The van der Waals surface area contributed by atoms with Crippen LogP contribution in [-0.4, -0.2) is 47.6 Å². The number of fused-ring (bicyclic) bond motifs is 1. The van der Waals surface area contributed by atoms with Gasteiger partial charge in [-0.05, 0) is 67.8 Å². The predicted molar refractivity (Wildman–Crippen MR) is 149 cm³/mol. The standard InChI is InChI=1S/C30H32N2O6S/c1-21(2)38-24-8-11-26(12-9-24)39(35,36)32-15-14-23(17-32)28-18-31(19-30(33)34)29-16-25(10-13-27(28)29)37-20-22-6-4-3-5-7-22/h3-13,16,18,21,23H,14-15,17,19-20H2,1-2H3,(H,33,34). The number of carboxylic acids is 1. The van der Waals surface area contributed by atoms with Crippen LogP contribution in [0.15, 0.2) is 83.9 Å². The Bertz CT molecular complexity index is 1560. The van der Waals surface area contributed by atoms with E-state index in [1.807, 2.05) is 68.6 Å². The third-order valence-electron chi connectivity index (χ3n) is 6.86. The summed E-state index contributed by atoms with van der Waals surface area (Å²) in [6, 6.07) is 22.0. The number of aromatic nitrogens is 1. The first-order chi connectivity index (χ1) is 18.7. The van der Waals surface area contributed by atoms with E-state index >= 15 is 0 Å². The van der Waals surface area contributed by atoms with Crippen molar-refractivity contribution in [3.8, 4) is 11.5 Å². The first-order valence-electron chi connectivity index (χ1n) is 13.0. The molecule has 0 radical (unpaired) electrons. The van der Waals surface area contributed by atoms with Gasteiger partial charge in [0, 0.05) is 36.7 Å². The summed E-state index contributed by atoms with van der Waals surface area (Å²) in [5, 5.41) is 10.4. The molecule has 2 heterocycles. The van der Waals surface area contributed by atoms with Crippen LogP contribution in [0.3, 0.4) is 0 Å². The first kappa shape index (κ1) is 26.8. The molecule has 1 N–H and O–H groups in total. The Hall–Kier alpha value is -3.82. The summed E-state index contributed by atoms with van der Waals surface area (Å²) >= 11 is 0. The summed E-state index contributed by atoms with van der Waals surface area (Å²) in [6.45, 7) is 4.76. The Balaban J connectivity index is 1.37. The summed E-state index contributed by atoms with van der Waals surface area (Å²) in [5.41, 5.74) is 2.73. The van der Waals surface area contributed by atoms with Crippen molar-refractivity contribution in [2.45, 2.75) is 50.3 Å². The van der Waals surface area contributed by atoms with E-state index in [0.29, 0.717) is 37.6 Å². The zero-order valence-electron chi connectivity index (χ0n) is 22.0. The van der Waals surface area contributed by atoms with Crippen LogP contribution in [0.5, 0.6) is 11.5 Å². The lowest BCUT2D eigenvalue weighted by Gasteiger charge is -2.17. The van der Waals surface area contributed by atoms with Gasteiger partial charge in [-0.25, -0.2) is 8.42 Å². The van der Waals surface area contributed by atoms with Crippen molar-refractivity contribution in [1.29, 1.82) is 0 Å². The van der Waals surface area contributed by atoms with Crippen molar-refractivity contribution in [3.63, 3.8) is 0 Å². The molecule has 0 spiro atoms. The van der Waals surface area contributed by atoms with Crippen molar-refractivity contribution in [3.05, 3.63) is 90.1 Å². The Kier molecular flexibility index (Phi) is 7.63. The number of carboxylic acid groups (broad SMARTS) is 1. The second kappa shape index (κ2) is 11.1. The molecule has 4 aromatic rings. The van der Waals surface area contributed by atoms with E-state index in [1.54, 1.807) is 28.8 Å². The van der Waals surface area contributed by atoms with Gasteiger partial charge in [0.2, 0.25) is 10.0 Å². The Morgan fingerprint density at radius 1 is 1.03 bits per heavy atom. The zero-order valence-corrected chi connectivity index (χ0v) is 22.8. The largest absolute Gasteiger partial charge is 0.491 e. The number of aliphatic carboxylic acids is 1. The van der Waals surface area contributed by atoms with E-state index in [2.05, 4.69) is 0 Å². The highest BCUT2D eigenvalue weighted by molar-refractivity contribution is 7.89. The van der Waals surface area contributed by atoms with E-state index in [9.17, 15) is 18.3 Å². The number of benzene rings is 3. The summed E-state index contributed by atoms with van der Waals surface area (Å²) in [4.78, 5) is 11.8. The minimum absolute atomic E-state index is 0.00144. The summed E-state index contributed by atoms with van der Waals surface area (Å²) in [6.07, 6.45) is 2.49. The van der Waals surface area contributed by atoms with Gasteiger partial charge in [0.15, 0.2) is 0 Å². The normalized spacial score (nSPS) is 16.1. The molecule has 8 nitrogen and oxygen atoms in total. The lowest BCUT2D eigenvalue weighted by atomic mass is 9.98. The Morgan fingerprint density at radius 3 is 2.44 bits per heavy atom. The van der Waals surface area contributed by atoms with Crippen molar-refractivity contribution in [1.82, 2.24) is 8.87 Å². The average Bonchev–Trinajstić information content (AvgIpc) is 3.54. The smallest absolute Gasteiger partial charge is 0.323 e. The van der Waals surface area contributed by atoms with Crippen LogP contribution in [0.2, 0.25) is 0 Å². The Morgan fingerprint density at radius 2 is 1.74 bits per heavy atom. The fraction of sp³-hybridized carbons (Fsp3) is 0.300. The second-order valence-corrected chi connectivity index (χ2v) is 12.0. The van der Waals surface area contributed by atoms with Crippen LogP contribution < -0.4 is 9.47 Å². The van der Waals surface area contributed by atoms with Crippen LogP contribution in [0.1, 0.15) is 37.3 Å². The highest BCUT2D eigenvalue weighted by atomic mass is 32.2. The molecular formula is C30H32N2O6S. The third-order valence-corrected chi connectivity index (χ3v) is 8.74. The lowest BCUT2D eigenvalue weighted by molar-refractivity contribution is -0.137. The van der Waals surface area contributed by atoms with Crippen LogP contribution in [0, 0.1) is 0 Å². The van der Waals surface area contributed by atoms with E-state index in [0.717, 1.165) is 22.0 Å². The Labute approximate surface area is 228 Å². The minimum atomic E-state index is -3.67. The molecule has 0 saturated carbocycles. The van der Waals surface area contributed by atoms with Crippen LogP contribution in [0.25, 0.3) is 10.9 Å². The number of nitrogens with zero attached hydrogens (tertiary/aromatic N) is 2. The van der Waals surface area contributed by atoms with E-state index in [-0.39, 0.29) is 23.5 Å². The fourth-order valence-electron chi connectivity index (χ4n) is 5.04. The van der Waals surface area contributed by atoms with Crippen molar-refractivity contribution in [2.24, 2.45) is 0 Å². The first-order valence-corrected chi connectivity index (χ1v) is 14.4. The van der Waals surface area contributed by atoms with Crippen molar-refractivity contribution < 1.29 is 27.8 Å². The average molecular weight is 549 g/mol. The highest BCUT2D eigenvalue weighted by Crippen LogP contribution is 2.37. The van der Waals surface area contributed by atoms with Gasteiger partial charge in [0.05, 0.1) is 16.5 Å². The number of rotatable bonds is 10. The van der Waals surface area contributed by atoms with Crippen LogP contribution in [-0.2, 0) is 28.0 Å². The molecule has 5 rings (SSSR count). The molecule has 0 bridgehead atoms. The summed E-state index contributed by atoms with van der Waals surface area (Å²) in [5.74, 6) is 0.260. The van der Waals surface area contributed by atoms with Crippen molar-refractivity contribution in [2.75, 3.05) is 13.1 Å². The molecule has 1 saturated heterocycles. The van der Waals surface area contributed by atoms with Gasteiger partial charge in [-0.15, -0.1) is 0 Å². The molecule has 1 aliphatic rings. The lowest BCUT2D eigenvalue weighted by Crippen LogP contribution is -2.28. The van der Waals surface area contributed by atoms with Gasteiger partial charge < -0.3 is 19.1 Å². The predicted octanol–water partition coefficient (Wildman–Crippen LogP) is 5.27. The number of ether oxygens (including phenoxy) is 2. The maximum Gasteiger partial charge on any atom is 0.323 e. The van der Waals surface area contributed by atoms with Crippen LogP contribution >= 0.6 is 0 Å². The maximum absolute atomic E-state index is 13.4. The molecule has 0 amide bonds. The molecule has 1 atom stereocenters. The van der Waals surface area contributed by atoms with E-state index < -0.39 is 16.0 Å². The SMILES string of the molecule is CC(C)Oc1ccc(S(=O)(=O)N2CCC(c3cn(CC(=O)O)c4cc(OCc5ccccc5)ccc34)C2)cc1. The molecular weight excluding hydrogens is 516 g/mol. The maximum atomic E-state index is 13.4. The fourth-order valence-corrected chi connectivity index (χ4v) is 6.54. The summed E-state index contributed by atoms with van der Waals surface area (Å²) in [7, 11) is -3.67. The molecule has 0 aliphatic carbocycles. The molecule has 1 unspecified atom stereocenters. The van der Waals surface area contributed by atoms with Gasteiger partial charge in [0.1, 0.15) is 24.7 Å². The number of hydrogen-bond acceptors (Lipinski definition) is 5. The molecule has 9 heteroatoms.